The zero-order valence-corrected chi connectivity index (χ0v) is 11.4. The molecule has 0 aliphatic carbocycles. The summed E-state index contributed by atoms with van der Waals surface area (Å²) in [5, 5.41) is 0. The van der Waals surface area contributed by atoms with Gasteiger partial charge >= 0.3 is 0 Å². The van der Waals surface area contributed by atoms with Crippen LogP contribution in [-0.2, 0) is 4.74 Å². The Hall–Kier alpha value is -1.24. The van der Waals surface area contributed by atoms with Crippen LogP contribution in [0.2, 0.25) is 0 Å². The summed E-state index contributed by atoms with van der Waals surface area (Å²) in [5.41, 5.74) is 0.618. The summed E-state index contributed by atoms with van der Waals surface area (Å²) in [5.74, 6) is 6.45. The van der Waals surface area contributed by atoms with Crippen molar-refractivity contribution >= 4 is 11.6 Å². The largest absolute Gasteiger partial charge is 0.490 e. The van der Waals surface area contributed by atoms with Crippen LogP contribution in [-0.4, -0.2) is 25.2 Å². The molecular formula is C15H16ClFO2. The summed E-state index contributed by atoms with van der Waals surface area (Å²) >= 11 is 5.55. The Morgan fingerprint density at radius 3 is 2.84 bits per heavy atom. The lowest BCUT2D eigenvalue weighted by atomic mass is 10.1. The van der Waals surface area contributed by atoms with Crippen LogP contribution in [0.15, 0.2) is 18.2 Å². The van der Waals surface area contributed by atoms with Gasteiger partial charge < -0.3 is 9.47 Å². The first-order valence-electron chi connectivity index (χ1n) is 6.38. The molecule has 19 heavy (non-hydrogen) atoms. The highest BCUT2D eigenvalue weighted by atomic mass is 35.5. The van der Waals surface area contributed by atoms with Crippen LogP contribution >= 0.6 is 11.6 Å². The lowest BCUT2D eigenvalue weighted by Gasteiger charge is -2.23. The molecule has 102 valence electrons. The number of hydrogen-bond donors (Lipinski definition) is 0. The van der Waals surface area contributed by atoms with Gasteiger partial charge in [-0.1, -0.05) is 11.8 Å². The number of halogens is 2. The fourth-order valence-electron chi connectivity index (χ4n) is 1.90. The first kappa shape index (κ1) is 14.2. The van der Waals surface area contributed by atoms with Crippen LogP contribution in [0.25, 0.3) is 0 Å². The van der Waals surface area contributed by atoms with Crippen molar-refractivity contribution in [1.82, 2.24) is 0 Å². The van der Waals surface area contributed by atoms with Crippen molar-refractivity contribution in [2.24, 2.45) is 0 Å². The van der Waals surface area contributed by atoms with Gasteiger partial charge in [-0.05, 0) is 12.1 Å². The number of hydrogen-bond acceptors (Lipinski definition) is 2. The topological polar surface area (TPSA) is 18.5 Å². The van der Waals surface area contributed by atoms with Gasteiger partial charge in [-0.3, -0.25) is 0 Å². The van der Waals surface area contributed by atoms with Crippen molar-refractivity contribution < 1.29 is 13.9 Å². The summed E-state index contributed by atoms with van der Waals surface area (Å²) in [6.45, 7) is 1.39. The molecule has 1 fully saturated rings. The molecule has 1 aliphatic heterocycles. The van der Waals surface area contributed by atoms with Crippen LogP contribution < -0.4 is 4.74 Å². The SMILES string of the molecule is Fc1cc(C#CCCCl)cc(OC2CCOCC2)c1. The Labute approximate surface area is 117 Å². The quantitative estimate of drug-likeness (QED) is 0.625. The third kappa shape index (κ3) is 4.74. The molecule has 1 aromatic carbocycles. The predicted octanol–water partition coefficient (Wildman–Crippen LogP) is 3.36. The maximum Gasteiger partial charge on any atom is 0.128 e. The molecule has 4 heteroatoms. The molecule has 0 saturated carbocycles. The highest BCUT2D eigenvalue weighted by Crippen LogP contribution is 2.20. The van der Waals surface area contributed by atoms with Crippen LogP contribution in [0.4, 0.5) is 4.39 Å². The Bertz CT molecular complexity index is 473. The highest BCUT2D eigenvalue weighted by Gasteiger charge is 2.15. The fraction of sp³-hybridized carbons (Fsp3) is 0.467. The third-order valence-electron chi connectivity index (χ3n) is 2.79. The zero-order chi connectivity index (χ0) is 13.5. The standard InChI is InChI=1S/C15H16ClFO2/c16-6-2-1-3-12-9-13(17)11-15(10-12)19-14-4-7-18-8-5-14/h9-11,14H,2,4-8H2. The smallest absolute Gasteiger partial charge is 0.128 e. The maximum absolute atomic E-state index is 13.5. The van der Waals surface area contributed by atoms with Crippen molar-refractivity contribution in [2.45, 2.75) is 25.4 Å². The van der Waals surface area contributed by atoms with Crippen LogP contribution in [0, 0.1) is 17.7 Å². The number of rotatable bonds is 3. The second-order valence-electron chi connectivity index (χ2n) is 4.35. The Kier molecular flexibility index (Phi) is 5.50. The molecule has 0 spiro atoms. The highest BCUT2D eigenvalue weighted by molar-refractivity contribution is 6.18. The molecule has 1 aromatic rings. The molecule has 0 aromatic heterocycles. The minimum absolute atomic E-state index is 0.0965. The van der Waals surface area contributed by atoms with Crippen molar-refractivity contribution in [2.75, 3.05) is 19.1 Å². The second-order valence-corrected chi connectivity index (χ2v) is 4.72. The first-order valence-corrected chi connectivity index (χ1v) is 6.91. The number of ether oxygens (including phenoxy) is 2. The summed E-state index contributed by atoms with van der Waals surface area (Å²) in [6, 6.07) is 4.56. The summed E-state index contributed by atoms with van der Waals surface area (Å²) < 4.78 is 24.5. The lowest BCUT2D eigenvalue weighted by molar-refractivity contribution is 0.0254. The van der Waals surface area contributed by atoms with Gasteiger partial charge in [0.1, 0.15) is 17.7 Å². The van der Waals surface area contributed by atoms with Gasteiger partial charge in [0.2, 0.25) is 0 Å². The van der Waals surface area contributed by atoms with Gasteiger partial charge in [0.15, 0.2) is 0 Å². The Balaban J connectivity index is 2.05. The molecule has 0 unspecified atom stereocenters. The maximum atomic E-state index is 13.5. The van der Waals surface area contributed by atoms with Gasteiger partial charge in [0.25, 0.3) is 0 Å². The normalized spacial score (nSPS) is 15.7. The molecule has 2 rings (SSSR count). The van der Waals surface area contributed by atoms with E-state index in [9.17, 15) is 4.39 Å². The van der Waals surface area contributed by atoms with Gasteiger partial charge in [-0.25, -0.2) is 4.39 Å². The molecule has 1 heterocycles. The molecule has 0 bridgehead atoms. The van der Waals surface area contributed by atoms with E-state index in [1.54, 1.807) is 6.07 Å². The predicted molar refractivity (Wildman–Crippen MR) is 73.1 cm³/mol. The molecule has 1 aliphatic rings. The molecule has 0 radical (unpaired) electrons. The van der Waals surface area contributed by atoms with Crippen LogP contribution in [0.1, 0.15) is 24.8 Å². The number of alkyl halides is 1. The molecular weight excluding hydrogens is 267 g/mol. The van der Waals surface area contributed by atoms with E-state index in [-0.39, 0.29) is 11.9 Å². The average Bonchev–Trinajstić information content (AvgIpc) is 2.39. The van der Waals surface area contributed by atoms with Crippen molar-refractivity contribution in [3.63, 3.8) is 0 Å². The zero-order valence-electron chi connectivity index (χ0n) is 10.6. The van der Waals surface area contributed by atoms with E-state index < -0.39 is 0 Å². The third-order valence-corrected chi connectivity index (χ3v) is 2.98. The van der Waals surface area contributed by atoms with Gasteiger partial charge in [0, 0.05) is 36.8 Å². The summed E-state index contributed by atoms with van der Waals surface area (Å²) in [6.07, 6.45) is 2.36. The van der Waals surface area contributed by atoms with Crippen LogP contribution in [0.3, 0.4) is 0 Å². The monoisotopic (exact) mass is 282 g/mol. The molecule has 0 amide bonds. The van der Waals surface area contributed by atoms with E-state index in [1.807, 2.05) is 0 Å². The van der Waals surface area contributed by atoms with E-state index >= 15 is 0 Å². The fourth-order valence-corrected chi connectivity index (χ4v) is 2.00. The number of benzene rings is 1. The van der Waals surface area contributed by atoms with Crippen LogP contribution in [0.5, 0.6) is 5.75 Å². The van der Waals surface area contributed by atoms with E-state index in [0.717, 1.165) is 12.8 Å². The molecule has 0 atom stereocenters. The van der Waals surface area contributed by atoms with Gasteiger partial charge in [0.05, 0.1) is 13.2 Å². The van der Waals surface area contributed by atoms with Crippen molar-refractivity contribution in [3.05, 3.63) is 29.6 Å². The summed E-state index contributed by atoms with van der Waals surface area (Å²) in [7, 11) is 0. The molecule has 2 nitrogen and oxygen atoms in total. The molecule has 0 N–H and O–H groups in total. The Morgan fingerprint density at radius 1 is 1.32 bits per heavy atom. The first-order chi connectivity index (χ1) is 9.28. The van der Waals surface area contributed by atoms with Crippen molar-refractivity contribution in [3.8, 4) is 17.6 Å². The second kappa shape index (κ2) is 7.37. The minimum Gasteiger partial charge on any atom is -0.490 e. The van der Waals surface area contributed by atoms with Gasteiger partial charge in [-0.15, -0.1) is 11.6 Å². The Morgan fingerprint density at radius 2 is 2.11 bits per heavy atom. The minimum atomic E-state index is -0.334. The molecule has 1 saturated heterocycles. The van der Waals surface area contributed by atoms with E-state index in [0.29, 0.717) is 36.8 Å². The van der Waals surface area contributed by atoms with E-state index in [2.05, 4.69) is 11.8 Å². The summed E-state index contributed by atoms with van der Waals surface area (Å²) in [4.78, 5) is 0. The van der Waals surface area contributed by atoms with Gasteiger partial charge in [-0.2, -0.15) is 0 Å². The van der Waals surface area contributed by atoms with E-state index in [1.165, 1.54) is 12.1 Å². The lowest BCUT2D eigenvalue weighted by Crippen LogP contribution is -2.25. The van der Waals surface area contributed by atoms with Crippen molar-refractivity contribution in [1.29, 1.82) is 0 Å². The average molecular weight is 283 g/mol. The van der Waals surface area contributed by atoms with E-state index in [4.69, 9.17) is 21.1 Å².